The molecule has 1 saturated carbocycles. The van der Waals surface area contributed by atoms with Crippen molar-refractivity contribution >= 4 is 50.1 Å². The van der Waals surface area contributed by atoms with Gasteiger partial charge in [0.1, 0.15) is 5.58 Å². The molecule has 2 N–H and O–H groups in total. The third-order valence-electron chi connectivity index (χ3n) is 4.81. The van der Waals surface area contributed by atoms with Crippen LogP contribution in [0, 0.1) is 19.8 Å². The lowest BCUT2D eigenvalue weighted by molar-refractivity contribution is -0.117. The normalized spacial score (nSPS) is 13.6. The predicted molar refractivity (Wildman–Crippen MR) is 109 cm³/mol. The number of furan rings is 1. The topological polar surface area (TPSA) is 71.3 Å². The zero-order valence-electron chi connectivity index (χ0n) is 15.1. The van der Waals surface area contributed by atoms with Crippen LogP contribution in [0.2, 0.25) is 0 Å². The molecule has 0 unspecified atom stereocenters. The van der Waals surface area contributed by atoms with Gasteiger partial charge in [-0.05, 0) is 62.6 Å². The van der Waals surface area contributed by atoms with Crippen LogP contribution in [-0.2, 0) is 4.79 Å². The number of carbonyl (C=O) groups excluding carboxylic acids is 2. The number of halogens is 1. The standard InChI is InChI=1S/C21H19BrN2O3/c1-11-3-7-15(23-20(25)13-4-5-13)10-17(11)24-21(26)19-12(2)16-9-14(22)6-8-18(16)27-19/h3,6-10,13H,4-5H2,1-2H3,(H,23,25)(H,24,26). The first-order valence-corrected chi connectivity index (χ1v) is 9.63. The van der Waals surface area contributed by atoms with Crippen molar-refractivity contribution in [1.29, 1.82) is 0 Å². The highest BCUT2D eigenvalue weighted by Gasteiger charge is 2.29. The maximum absolute atomic E-state index is 12.8. The minimum Gasteiger partial charge on any atom is -0.451 e. The first kappa shape index (κ1) is 17.8. The second-order valence-corrected chi connectivity index (χ2v) is 7.86. The molecule has 0 saturated heterocycles. The Hall–Kier alpha value is -2.60. The van der Waals surface area contributed by atoms with Crippen LogP contribution in [0.3, 0.4) is 0 Å². The Morgan fingerprint density at radius 2 is 1.85 bits per heavy atom. The van der Waals surface area contributed by atoms with Crippen molar-refractivity contribution < 1.29 is 14.0 Å². The molecule has 1 fully saturated rings. The van der Waals surface area contributed by atoms with Gasteiger partial charge in [-0.25, -0.2) is 0 Å². The van der Waals surface area contributed by atoms with Gasteiger partial charge < -0.3 is 15.1 Å². The molecule has 2 aromatic carbocycles. The fourth-order valence-corrected chi connectivity index (χ4v) is 3.37. The lowest BCUT2D eigenvalue weighted by atomic mass is 10.1. The van der Waals surface area contributed by atoms with E-state index < -0.39 is 0 Å². The van der Waals surface area contributed by atoms with Gasteiger partial charge in [0, 0.05) is 32.7 Å². The van der Waals surface area contributed by atoms with Crippen LogP contribution < -0.4 is 10.6 Å². The molecule has 6 heteroatoms. The molecule has 0 bridgehead atoms. The summed E-state index contributed by atoms with van der Waals surface area (Å²) in [6.07, 6.45) is 1.89. The third kappa shape index (κ3) is 3.62. The number of benzene rings is 2. The molecule has 0 aliphatic heterocycles. The molecule has 5 nitrogen and oxygen atoms in total. The van der Waals surface area contributed by atoms with Crippen molar-refractivity contribution in [1.82, 2.24) is 0 Å². The van der Waals surface area contributed by atoms with E-state index in [0.717, 1.165) is 33.8 Å². The number of anilines is 2. The molecular formula is C21H19BrN2O3. The van der Waals surface area contributed by atoms with E-state index in [2.05, 4.69) is 26.6 Å². The maximum atomic E-state index is 12.8. The average Bonchev–Trinajstić information content (AvgIpc) is 3.43. The SMILES string of the molecule is Cc1ccc(NC(=O)C2CC2)cc1NC(=O)c1oc2ccc(Br)cc2c1C. The van der Waals surface area contributed by atoms with Gasteiger partial charge in [-0.2, -0.15) is 0 Å². The number of rotatable bonds is 4. The number of amides is 2. The van der Waals surface area contributed by atoms with Crippen LogP contribution >= 0.6 is 15.9 Å². The minimum atomic E-state index is -0.311. The molecule has 0 radical (unpaired) electrons. The van der Waals surface area contributed by atoms with Crippen LogP contribution in [0.5, 0.6) is 0 Å². The van der Waals surface area contributed by atoms with Gasteiger partial charge in [-0.3, -0.25) is 9.59 Å². The smallest absolute Gasteiger partial charge is 0.291 e. The zero-order chi connectivity index (χ0) is 19.1. The van der Waals surface area contributed by atoms with Crippen LogP contribution in [0.4, 0.5) is 11.4 Å². The van der Waals surface area contributed by atoms with Crippen LogP contribution in [-0.4, -0.2) is 11.8 Å². The summed E-state index contributed by atoms with van der Waals surface area (Å²) in [6, 6.07) is 11.1. The van der Waals surface area contributed by atoms with E-state index in [0.29, 0.717) is 17.0 Å². The van der Waals surface area contributed by atoms with Gasteiger partial charge in [-0.15, -0.1) is 0 Å². The molecule has 3 aromatic rings. The van der Waals surface area contributed by atoms with Crippen molar-refractivity contribution in [3.05, 3.63) is 57.8 Å². The number of carbonyl (C=O) groups is 2. The number of hydrogen-bond donors (Lipinski definition) is 2. The lowest BCUT2D eigenvalue weighted by Gasteiger charge is -2.11. The molecule has 2 amide bonds. The van der Waals surface area contributed by atoms with E-state index in [4.69, 9.17) is 4.42 Å². The summed E-state index contributed by atoms with van der Waals surface area (Å²) < 4.78 is 6.69. The largest absolute Gasteiger partial charge is 0.451 e. The van der Waals surface area contributed by atoms with Crippen molar-refractivity contribution in [2.75, 3.05) is 10.6 Å². The van der Waals surface area contributed by atoms with E-state index in [9.17, 15) is 9.59 Å². The van der Waals surface area contributed by atoms with E-state index in [1.54, 1.807) is 6.07 Å². The first-order chi connectivity index (χ1) is 12.9. The predicted octanol–water partition coefficient (Wildman–Crippen LogP) is 5.41. The summed E-state index contributed by atoms with van der Waals surface area (Å²) in [5.74, 6) is 0.139. The van der Waals surface area contributed by atoms with Gasteiger partial charge in [0.05, 0.1) is 0 Å². The van der Waals surface area contributed by atoms with E-state index in [-0.39, 0.29) is 23.5 Å². The summed E-state index contributed by atoms with van der Waals surface area (Å²) in [5, 5.41) is 6.71. The Morgan fingerprint density at radius 1 is 1.07 bits per heavy atom. The second-order valence-electron chi connectivity index (χ2n) is 6.94. The maximum Gasteiger partial charge on any atom is 0.291 e. The molecule has 1 heterocycles. The van der Waals surface area contributed by atoms with Gasteiger partial charge in [0.15, 0.2) is 5.76 Å². The molecular weight excluding hydrogens is 408 g/mol. The van der Waals surface area contributed by atoms with Crippen molar-refractivity contribution in [2.45, 2.75) is 26.7 Å². The molecule has 4 rings (SSSR count). The Bertz CT molecular complexity index is 1070. The molecule has 0 atom stereocenters. The van der Waals surface area contributed by atoms with Gasteiger partial charge in [0.25, 0.3) is 5.91 Å². The van der Waals surface area contributed by atoms with E-state index >= 15 is 0 Å². The number of hydrogen-bond acceptors (Lipinski definition) is 3. The molecule has 0 spiro atoms. The number of aryl methyl sites for hydroxylation is 2. The molecule has 1 aromatic heterocycles. The Morgan fingerprint density at radius 3 is 2.59 bits per heavy atom. The highest BCUT2D eigenvalue weighted by atomic mass is 79.9. The molecule has 1 aliphatic carbocycles. The van der Waals surface area contributed by atoms with Crippen LogP contribution in [0.1, 0.15) is 34.5 Å². The van der Waals surface area contributed by atoms with Crippen molar-refractivity contribution in [3.63, 3.8) is 0 Å². The van der Waals surface area contributed by atoms with Crippen LogP contribution in [0.25, 0.3) is 11.0 Å². The molecule has 1 aliphatic rings. The van der Waals surface area contributed by atoms with E-state index in [1.807, 2.05) is 44.2 Å². The zero-order valence-corrected chi connectivity index (χ0v) is 16.6. The van der Waals surface area contributed by atoms with Gasteiger partial charge in [0.2, 0.25) is 5.91 Å². The Kier molecular flexibility index (Phi) is 4.52. The van der Waals surface area contributed by atoms with Crippen molar-refractivity contribution in [3.8, 4) is 0 Å². The number of fused-ring (bicyclic) bond motifs is 1. The summed E-state index contributed by atoms with van der Waals surface area (Å²) in [7, 11) is 0. The highest BCUT2D eigenvalue weighted by molar-refractivity contribution is 9.10. The Balaban J connectivity index is 1.59. The third-order valence-corrected chi connectivity index (χ3v) is 5.30. The summed E-state index contributed by atoms with van der Waals surface area (Å²) in [5.41, 5.74) is 3.69. The van der Waals surface area contributed by atoms with Crippen molar-refractivity contribution in [2.24, 2.45) is 5.92 Å². The summed E-state index contributed by atoms with van der Waals surface area (Å²) >= 11 is 3.44. The van der Waals surface area contributed by atoms with E-state index in [1.165, 1.54) is 0 Å². The monoisotopic (exact) mass is 426 g/mol. The quantitative estimate of drug-likeness (QED) is 0.585. The fourth-order valence-electron chi connectivity index (χ4n) is 3.01. The van der Waals surface area contributed by atoms with Gasteiger partial charge in [-0.1, -0.05) is 22.0 Å². The molecule has 138 valence electrons. The lowest BCUT2D eigenvalue weighted by Crippen LogP contribution is -2.15. The first-order valence-electron chi connectivity index (χ1n) is 8.84. The average molecular weight is 427 g/mol. The second kappa shape index (κ2) is 6.85. The number of nitrogens with one attached hydrogen (secondary N) is 2. The summed E-state index contributed by atoms with van der Waals surface area (Å²) in [6.45, 7) is 3.77. The van der Waals surface area contributed by atoms with Crippen LogP contribution in [0.15, 0.2) is 45.3 Å². The minimum absolute atomic E-state index is 0.0369. The Labute approximate surface area is 165 Å². The van der Waals surface area contributed by atoms with Gasteiger partial charge >= 0.3 is 0 Å². The fraction of sp³-hybridized carbons (Fsp3) is 0.238. The summed E-state index contributed by atoms with van der Waals surface area (Å²) in [4.78, 5) is 24.8. The molecule has 27 heavy (non-hydrogen) atoms. The highest BCUT2D eigenvalue weighted by Crippen LogP contribution is 2.31.